The second kappa shape index (κ2) is 8.14. The molecule has 150 valence electrons. The molecule has 0 unspecified atom stereocenters. The summed E-state index contributed by atoms with van der Waals surface area (Å²) in [7, 11) is -0.577. The summed E-state index contributed by atoms with van der Waals surface area (Å²) in [6.45, 7) is 3.86. The Morgan fingerprint density at radius 3 is 2.21 bits per heavy atom. The zero-order chi connectivity index (χ0) is 21.2. The van der Waals surface area contributed by atoms with Crippen molar-refractivity contribution in [3.05, 3.63) is 83.2 Å². The van der Waals surface area contributed by atoms with E-state index in [4.69, 9.17) is 0 Å². The Morgan fingerprint density at radius 1 is 1.00 bits per heavy atom. The van der Waals surface area contributed by atoms with E-state index < -0.39 is 10.0 Å². The summed E-state index contributed by atoms with van der Waals surface area (Å²) in [6.07, 6.45) is 3.24. The van der Waals surface area contributed by atoms with E-state index in [0.717, 1.165) is 26.9 Å². The molecule has 0 radical (unpaired) electrons. The number of para-hydroxylation sites is 1. The van der Waals surface area contributed by atoms with Gasteiger partial charge in [0.15, 0.2) is 5.78 Å². The van der Waals surface area contributed by atoms with Crippen LogP contribution in [-0.2, 0) is 10.0 Å². The average Bonchev–Trinajstić information content (AvgIpc) is 3.00. The molecule has 29 heavy (non-hydrogen) atoms. The minimum absolute atomic E-state index is 0.152. The third kappa shape index (κ3) is 4.21. The predicted molar refractivity (Wildman–Crippen MR) is 114 cm³/mol. The number of aryl methyl sites for hydroxylation is 1. The van der Waals surface area contributed by atoms with Gasteiger partial charge in [-0.1, -0.05) is 18.2 Å². The van der Waals surface area contributed by atoms with E-state index in [9.17, 15) is 13.2 Å². The van der Waals surface area contributed by atoms with Crippen molar-refractivity contribution < 1.29 is 13.2 Å². The zero-order valence-corrected chi connectivity index (χ0v) is 17.6. The quantitative estimate of drug-likeness (QED) is 0.460. The minimum atomic E-state index is -3.52. The van der Waals surface area contributed by atoms with E-state index in [-0.39, 0.29) is 10.7 Å². The number of allylic oxidation sites excluding steroid dienone is 1. The first kappa shape index (κ1) is 20.7. The topological polar surface area (TPSA) is 72.3 Å². The number of rotatable bonds is 6. The second-order valence-electron chi connectivity index (χ2n) is 6.84. The molecule has 0 N–H and O–H groups in total. The van der Waals surface area contributed by atoms with Crippen molar-refractivity contribution in [2.24, 2.45) is 0 Å². The van der Waals surface area contributed by atoms with Crippen LogP contribution in [0.4, 0.5) is 0 Å². The molecule has 6 nitrogen and oxygen atoms in total. The summed E-state index contributed by atoms with van der Waals surface area (Å²) in [6, 6.07) is 15.7. The largest absolute Gasteiger partial charge is 0.289 e. The summed E-state index contributed by atoms with van der Waals surface area (Å²) in [5, 5.41) is 4.57. The van der Waals surface area contributed by atoms with Crippen LogP contribution in [0.5, 0.6) is 0 Å². The molecule has 0 atom stereocenters. The maximum Gasteiger partial charge on any atom is 0.242 e. The highest BCUT2D eigenvalue weighted by Crippen LogP contribution is 2.20. The molecular formula is C22H23N3O3S. The number of benzene rings is 2. The Balaban J connectivity index is 1.84. The number of nitrogens with zero attached hydrogens (tertiary/aromatic N) is 3. The molecule has 7 heteroatoms. The molecule has 0 aliphatic heterocycles. The Bertz CT molecular complexity index is 1160. The van der Waals surface area contributed by atoms with Gasteiger partial charge < -0.3 is 0 Å². The molecule has 0 fully saturated rings. The van der Waals surface area contributed by atoms with Gasteiger partial charge in [-0.3, -0.25) is 4.79 Å². The van der Waals surface area contributed by atoms with Gasteiger partial charge in [0, 0.05) is 30.9 Å². The molecule has 0 aliphatic rings. The number of sulfonamides is 1. The molecule has 0 saturated heterocycles. The van der Waals surface area contributed by atoms with Crippen molar-refractivity contribution in [3.8, 4) is 5.69 Å². The highest BCUT2D eigenvalue weighted by Gasteiger charge is 2.17. The molecule has 1 heterocycles. The number of hydrogen-bond acceptors (Lipinski definition) is 4. The standard InChI is InChI=1S/C22H23N3O3S/c1-16-21(17(2)25(23-16)19-8-6-5-7-9-19)14-15-22(26)18-10-12-20(13-11-18)29(27,28)24(3)4/h5-15H,1-4H3/b15-14+. The van der Waals surface area contributed by atoms with Crippen LogP contribution in [0.2, 0.25) is 0 Å². The third-order valence-electron chi connectivity index (χ3n) is 4.67. The van der Waals surface area contributed by atoms with Crippen molar-refractivity contribution in [2.75, 3.05) is 14.1 Å². The first-order chi connectivity index (χ1) is 13.7. The van der Waals surface area contributed by atoms with E-state index in [1.165, 1.54) is 44.4 Å². The lowest BCUT2D eigenvalue weighted by Crippen LogP contribution is -2.22. The lowest BCUT2D eigenvalue weighted by atomic mass is 10.1. The molecule has 0 amide bonds. The third-order valence-corrected chi connectivity index (χ3v) is 6.50. The van der Waals surface area contributed by atoms with E-state index in [1.807, 2.05) is 48.9 Å². The van der Waals surface area contributed by atoms with Crippen LogP contribution < -0.4 is 0 Å². The van der Waals surface area contributed by atoms with Crippen LogP contribution in [0, 0.1) is 13.8 Å². The second-order valence-corrected chi connectivity index (χ2v) is 8.99. The predicted octanol–water partition coefficient (Wildman–Crippen LogP) is 3.64. The van der Waals surface area contributed by atoms with Crippen molar-refractivity contribution in [1.29, 1.82) is 0 Å². The Morgan fingerprint density at radius 2 is 1.62 bits per heavy atom. The smallest absolute Gasteiger partial charge is 0.242 e. The zero-order valence-electron chi connectivity index (χ0n) is 16.8. The van der Waals surface area contributed by atoms with Crippen LogP contribution in [-0.4, -0.2) is 42.4 Å². The molecule has 0 saturated carbocycles. The molecule has 3 aromatic rings. The molecule has 0 aliphatic carbocycles. The van der Waals surface area contributed by atoms with Crippen LogP contribution >= 0.6 is 0 Å². The summed E-state index contributed by atoms with van der Waals surface area (Å²) < 4.78 is 27.3. The fraction of sp³-hybridized carbons (Fsp3) is 0.182. The lowest BCUT2D eigenvalue weighted by Gasteiger charge is -2.11. The molecular weight excluding hydrogens is 386 g/mol. The van der Waals surface area contributed by atoms with E-state index in [0.29, 0.717) is 5.56 Å². The molecule has 1 aromatic heterocycles. The lowest BCUT2D eigenvalue weighted by molar-refractivity contribution is 0.104. The van der Waals surface area contributed by atoms with E-state index in [2.05, 4.69) is 5.10 Å². The Kier molecular flexibility index (Phi) is 5.81. The van der Waals surface area contributed by atoms with Crippen LogP contribution in [0.1, 0.15) is 27.3 Å². The monoisotopic (exact) mass is 409 g/mol. The van der Waals surface area contributed by atoms with E-state index >= 15 is 0 Å². The number of ketones is 1. The van der Waals surface area contributed by atoms with Crippen LogP contribution in [0.15, 0.2) is 65.6 Å². The van der Waals surface area contributed by atoms with Gasteiger partial charge in [0.2, 0.25) is 10.0 Å². The molecule has 2 aromatic carbocycles. The number of carbonyl (C=O) groups excluding carboxylic acids is 1. The first-order valence-electron chi connectivity index (χ1n) is 9.08. The van der Waals surface area contributed by atoms with Crippen molar-refractivity contribution in [3.63, 3.8) is 0 Å². The fourth-order valence-electron chi connectivity index (χ4n) is 2.97. The molecule has 0 spiro atoms. The SMILES string of the molecule is Cc1nn(-c2ccccc2)c(C)c1/C=C/C(=O)c1ccc(S(=O)(=O)N(C)C)cc1. The number of carbonyl (C=O) groups is 1. The highest BCUT2D eigenvalue weighted by atomic mass is 32.2. The highest BCUT2D eigenvalue weighted by molar-refractivity contribution is 7.89. The van der Waals surface area contributed by atoms with Crippen molar-refractivity contribution >= 4 is 21.9 Å². The van der Waals surface area contributed by atoms with Crippen LogP contribution in [0.25, 0.3) is 11.8 Å². The fourth-order valence-corrected chi connectivity index (χ4v) is 3.88. The molecule has 0 bridgehead atoms. The Labute approximate surface area is 171 Å². The molecule has 3 rings (SSSR count). The van der Waals surface area contributed by atoms with Gasteiger partial charge >= 0.3 is 0 Å². The van der Waals surface area contributed by atoms with Crippen molar-refractivity contribution in [2.45, 2.75) is 18.7 Å². The summed E-state index contributed by atoms with van der Waals surface area (Å²) in [5.74, 6) is -0.204. The first-order valence-corrected chi connectivity index (χ1v) is 10.5. The maximum atomic E-state index is 12.5. The van der Waals surface area contributed by atoms with E-state index in [1.54, 1.807) is 6.08 Å². The van der Waals surface area contributed by atoms with Gasteiger partial charge in [0.1, 0.15) is 0 Å². The van der Waals surface area contributed by atoms with Gasteiger partial charge in [0.25, 0.3) is 0 Å². The van der Waals surface area contributed by atoms with Gasteiger partial charge in [-0.25, -0.2) is 17.4 Å². The van der Waals surface area contributed by atoms with Gasteiger partial charge in [-0.15, -0.1) is 0 Å². The Hall–Kier alpha value is -3.03. The van der Waals surface area contributed by atoms with Crippen LogP contribution in [0.3, 0.4) is 0 Å². The normalized spacial score (nSPS) is 12.0. The summed E-state index contributed by atoms with van der Waals surface area (Å²) in [5.41, 5.74) is 4.02. The minimum Gasteiger partial charge on any atom is -0.289 e. The summed E-state index contributed by atoms with van der Waals surface area (Å²) in [4.78, 5) is 12.7. The number of hydrogen-bond donors (Lipinski definition) is 0. The van der Waals surface area contributed by atoms with Crippen molar-refractivity contribution in [1.82, 2.24) is 14.1 Å². The van der Waals surface area contributed by atoms with Gasteiger partial charge in [-0.2, -0.15) is 5.10 Å². The average molecular weight is 410 g/mol. The summed E-state index contributed by atoms with van der Waals surface area (Å²) >= 11 is 0. The maximum absolute atomic E-state index is 12.5. The van der Waals surface area contributed by atoms with Gasteiger partial charge in [-0.05, 0) is 62.4 Å². The number of aromatic nitrogens is 2. The van der Waals surface area contributed by atoms with Gasteiger partial charge in [0.05, 0.1) is 16.3 Å².